The monoisotopic (exact) mass is 334 g/mol. The zero-order valence-electron chi connectivity index (χ0n) is 15.2. The molecule has 24 heavy (non-hydrogen) atoms. The Bertz CT molecular complexity index is 543. The standard InChI is InChI=1S/C19H30N2O3/c1-13(2)6-5-9-20-19(22)21-18(14(3)4)15-7-8-16-17(12-15)24-11-10-23-16/h7-8,12-14,18H,5-6,9-11H2,1-4H3,(H2,20,21,22). The van der Waals surface area contributed by atoms with Gasteiger partial charge in [0, 0.05) is 6.54 Å². The molecule has 0 aliphatic carbocycles. The van der Waals surface area contributed by atoms with Crippen LogP contribution in [0.3, 0.4) is 0 Å². The molecular weight excluding hydrogens is 304 g/mol. The van der Waals surface area contributed by atoms with Crippen molar-refractivity contribution in [1.82, 2.24) is 10.6 Å². The first-order chi connectivity index (χ1) is 11.5. The fourth-order valence-corrected chi connectivity index (χ4v) is 2.79. The topological polar surface area (TPSA) is 59.6 Å². The van der Waals surface area contributed by atoms with Gasteiger partial charge in [0.2, 0.25) is 0 Å². The van der Waals surface area contributed by atoms with Crippen molar-refractivity contribution in [2.45, 2.75) is 46.6 Å². The van der Waals surface area contributed by atoms with Crippen LogP contribution in [0.15, 0.2) is 18.2 Å². The fraction of sp³-hybridized carbons (Fsp3) is 0.632. The average Bonchev–Trinajstić information content (AvgIpc) is 2.55. The lowest BCUT2D eigenvalue weighted by atomic mass is 9.95. The van der Waals surface area contributed by atoms with Gasteiger partial charge in [0.05, 0.1) is 6.04 Å². The van der Waals surface area contributed by atoms with Crippen LogP contribution in [0.2, 0.25) is 0 Å². The summed E-state index contributed by atoms with van der Waals surface area (Å²) in [6.07, 6.45) is 2.12. The molecule has 1 aromatic rings. The average molecular weight is 334 g/mol. The van der Waals surface area contributed by atoms with Crippen LogP contribution < -0.4 is 20.1 Å². The van der Waals surface area contributed by atoms with Gasteiger partial charge in [-0.15, -0.1) is 0 Å². The minimum Gasteiger partial charge on any atom is -0.486 e. The first kappa shape index (κ1) is 18.4. The van der Waals surface area contributed by atoms with Crippen molar-refractivity contribution in [2.75, 3.05) is 19.8 Å². The molecule has 0 fully saturated rings. The molecule has 0 saturated carbocycles. The van der Waals surface area contributed by atoms with Crippen molar-refractivity contribution in [3.05, 3.63) is 23.8 Å². The van der Waals surface area contributed by atoms with E-state index < -0.39 is 0 Å². The van der Waals surface area contributed by atoms with Crippen LogP contribution in [0.5, 0.6) is 11.5 Å². The van der Waals surface area contributed by atoms with Crippen LogP contribution >= 0.6 is 0 Å². The largest absolute Gasteiger partial charge is 0.486 e. The highest BCUT2D eigenvalue weighted by Gasteiger charge is 2.21. The maximum Gasteiger partial charge on any atom is 0.315 e. The van der Waals surface area contributed by atoms with Crippen molar-refractivity contribution in [1.29, 1.82) is 0 Å². The summed E-state index contributed by atoms with van der Waals surface area (Å²) in [5, 5.41) is 6.03. The summed E-state index contributed by atoms with van der Waals surface area (Å²) >= 11 is 0. The molecular formula is C19H30N2O3. The first-order valence-corrected chi connectivity index (χ1v) is 8.91. The van der Waals surface area contributed by atoms with Gasteiger partial charge in [-0.05, 0) is 42.4 Å². The molecule has 0 bridgehead atoms. The molecule has 2 rings (SSSR count). The number of rotatable bonds is 7. The highest BCUT2D eigenvalue weighted by atomic mass is 16.6. The van der Waals surface area contributed by atoms with Crippen molar-refractivity contribution in [3.8, 4) is 11.5 Å². The number of amides is 2. The van der Waals surface area contributed by atoms with E-state index in [0.717, 1.165) is 29.9 Å². The first-order valence-electron chi connectivity index (χ1n) is 8.91. The van der Waals surface area contributed by atoms with Gasteiger partial charge in [-0.25, -0.2) is 4.79 Å². The number of fused-ring (bicyclic) bond motifs is 1. The Hall–Kier alpha value is -1.91. The Kier molecular flexibility index (Phi) is 6.76. The lowest BCUT2D eigenvalue weighted by Gasteiger charge is -2.25. The molecule has 0 radical (unpaired) electrons. The van der Waals surface area contributed by atoms with Gasteiger partial charge < -0.3 is 20.1 Å². The zero-order valence-corrected chi connectivity index (χ0v) is 15.2. The van der Waals surface area contributed by atoms with E-state index in [-0.39, 0.29) is 18.0 Å². The SMILES string of the molecule is CC(C)CCCNC(=O)NC(c1ccc2c(c1)OCCO2)C(C)C. The Balaban J connectivity index is 1.95. The van der Waals surface area contributed by atoms with Gasteiger partial charge in [0.1, 0.15) is 13.2 Å². The smallest absolute Gasteiger partial charge is 0.315 e. The molecule has 1 unspecified atom stereocenters. The number of carbonyl (C=O) groups is 1. The van der Waals surface area contributed by atoms with Gasteiger partial charge in [-0.2, -0.15) is 0 Å². The van der Waals surface area contributed by atoms with Crippen LogP contribution in [0.1, 0.15) is 52.1 Å². The van der Waals surface area contributed by atoms with E-state index in [4.69, 9.17) is 9.47 Å². The highest BCUT2D eigenvalue weighted by Crippen LogP contribution is 2.34. The van der Waals surface area contributed by atoms with Gasteiger partial charge in [-0.1, -0.05) is 33.8 Å². The Morgan fingerprint density at radius 1 is 1.12 bits per heavy atom. The molecule has 134 valence electrons. The molecule has 0 aromatic heterocycles. The van der Waals surface area contributed by atoms with E-state index in [2.05, 4.69) is 38.3 Å². The molecule has 1 aliphatic rings. The minimum atomic E-state index is -0.118. The van der Waals surface area contributed by atoms with Gasteiger partial charge >= 0.3 is 6.03 Å². The molecule has 1 aliphatic heterocycles. The van der Waals surface area contributed by atoms with Gasteiger partial charge in [0.25, 0.3) is 0 Å². The second kappa shape index (κ2) is 8.81. The van der Waals surface area contributed by atoms with Crippen LogP contribution in [0.4, 0.5) is 4.79 Å². The zero-order chi connectivity index (χ0) is 17.5. The number of benzene rings is 1. The summed E-state index contributed by atoms with van der Waals surface area (Å²) in [7, 11) is 0. The maximum atomic E-state index is 12.2. The molecule has 2 amide bonds. The van der Waals surface area contributed by atoms with E-state index >= 15 is 0 Å². The number of carbonyl (C=O) groups excluding carboxylic acids is 1. The number of ether oxygens (including phenoxy) is 2. The number of urea groups is 1. The van der Waals surface area contributed by atoms with Crippen molar-refractivity contribution < 1.29 is 14.3 Å². The van der Waals surface area contributed by atoms with Gasteiger partial charge in [0.15, 0.2) is 11.5 Å². The Morgan fingerprint density at radius 3 is 2.50 bits per heavy atom. The number of hydrogen-bond acceptors (Lipinski definition) is 3. The summed E-state index contributed by atoms with van der Waals surface area (Å²) in [5.74, 6) is 2.46. The second-order valence-electron chi connectivity index (χ2n) is 7.06. The van der Waals surface area contributed by atoms with Crippen LogP contribution in [0, 0.1) is 11.8 Å². The highest BCUT2D eigenvalue weighted by molar-refractivity contribution is 5.74. The molecule has 1 aromatic carbocycles. The van der Waals surface area contributed by atoms with E-state index in [9.17, 15) is 4.79 Å². The lowest BCUT2D eigenvalue weighted by molar-refractivity contribution is 0.171. The lowest BCUT2D eigenvalue weighted by Crippen LogP contribution is -2.40. The van der Waals surface area contributed by atoms with Crippen molar-refractivity contribution in [3.63, 3.8) is 0 Å². The van der Waals surface area contributed by atoms with Crippen molar-refractivity contribution >= 4 is 6.03 Å². The molecule has 0 saturated heterocycles. The predicted octanol–water partition coefficient (Wildman–Crippen LogP) is 3.89. The Morgan fingerprint density at radius 2 is 1.83 bits per heavy atom. The van der Waals surface area contributed by atoms with Crippen LogP contribution in [0.25, 0.3) is 0 Å². The van der Waals surface area contributed by atoms with E-state index in [1.807, 2.05) is 18.2 Å². The normalized spacial score (nSPS) is 14.6. The third-order valence-electron chi connectivity index (χ3n) is 4.12. The van der Waals surface area contributed by atoms with Crippen LogP contribution in [-0.2, 0) is 0 Å². The molecule has 1 heterocycles. The number of nitrogens with one attached hydrogen (secondary N) is 2. The summed E-state index contributed by atoms with van der Waals surface area (Å²) in [6.45, 7) is 10.4. The Labute approximate surface area is 145 Å². The third kappa shape index (κ3) is 5.32. The van der Waals surface area contributed by atoms with E-state index in [1.165, 1.54) is 0 Å². The third-order valence-corrected chi connectivity index (χ3v) is 4.12. The maximum absolute atomic E-state index is 12.2. The summed E-state index contributed by atoms with van der Waals surface area (Å²) < 4.78 is 11.2. The van der Waals surface area contributed by atoms with Crippen molar-refractivity contribution in [2.24, 2.45) is 11.8 Å². The molecule has 0 spiro atoms. The van der Waals surface area contributed by atoms with Crippen LogP contribution in [-0.4, -0.2) is 25.8 Å². The quantitative estimate of drug-likeness (QED) is 0.744. The second-order valence-corrected chi connectivity index (χ2v) is 7.06. The number of hydrogen-bond donors (Lipinski definition) is 2. The summed E-state index contributed by atoms with van der Waals surface area (Å²) in [5.41, 5.74) is 1.03. The van der Waals surface area contributed by atoms with Gasteiger partial charge in [-0.3, -0.25) is 0 Å². The molecule has 2 N–H and O–H groups in total. The molecule has 5 nitrogen and oxygen atoms in total. The predicted molar refractivity (Wildman–Crippen MR) is 95.6 cm³/mol. The summed E-state index contributed by atoms with van der Waals surface area (Å²) in [4.78, 5) is 12.2. The fourth-order valence-electron chi connectivity index (χ4n) is 2.79. The summed E-state index contributed by atoms with van der Waals surface area (Å²) in [6, 6.07) is 5.70. The molecule has 1 atom stereocenters. The van der Waals surface area contributed by atoms with E-state index in [0.29, 0.717) is 25.7 Å². The van der Waals surface area contributed by atoms with E-state index in [1.54, 1.807) is 0 Å². The molecule has 5 heteroatoms. The minimum absolute atomic E-state index is 0.0640.